The van der Waals surface area contributed by atoms with Crippen molar-refractivity contribution in [2.24, 2.45) is 11.7 Å². The van der Waals surface area contributed by atoms with E-state index < -0.39 is 79.3 Å². The van der Waals surface area contributed by atoms with Crippen molar-refractivity contribution in [3.63, 3.8) is 0 Å². The smallest absolute Gasteiger partial charge is 0.437 e. The third-order valence-corrected chi connectivity index (χ3v) is 13.5. The first kappa shape index (κ1) is 35.5. The summed E-state index contributed by atoms with van der Waals surface area (Å²) in [5, 5.41) is 3.23. The number of carbonyl (C=O) groups excluding carboxylic acids is 3. The topological polar surface area (TPSA) is 170 Å². The van der Waals surface area contributed by atoms with E-state index in [-0.39, 0.29) is 37.7 Å². The highest BCUT2D eigenvalue weighted by molar-refractivity contribution is 7.91. The maximum absolute atomic E-state index is 14.5. The van der Waals surface area contributed by atoms with Crippen LogP contribution in [0.2, 0.25) is 0 Å². The molecule has 276 valence electrons. The summed E-state index contributed by atoms with van der Waals surface area (Å²) in [6.07, 6.45) is 3.13. The highest BCUT2D eigenvalue weighted by Gasteiger charge is 2.64. The predicted molar refractivity (Wildman–Crippen MR) is 179 cm³/mol. The third-order valence-electron chi connectivity index (χ3n) is 11.3. The van der Waals surface area contributed by atoms with Crippen molar-refractivity contribution in [1.29, 1.82) is 0 Å². The molecular formula is C35H42F3N5O7S. The number of methoxy groups -OCH3 is 1. The SMILES string of the molecule is COc1ccc2nc(C(F)(F)F)c3c(c2c1)CCC1(CC2C(=O)NC4(C(=O)NS(=O)(=O)C5(C)CC5)CC4C=CCCCCCC(N)C(=O)N2C1)O3. The highest BCUT2D eigenvalue weighted by Crippen LogP contribution is 2.50. The van der Waals surface area contributed by atoms with E-state index in [0.29, 0.717) is 48.8 Å². The Morgan fingerprint density at radius 3 is 2.63 bits per heavy atom. The van der Waals surface area contributed by atoms with Crippen LogP contribution >= 0.6 is 0 Å². The molecule has 1 saturated heterocycles. The molecule has 3 amide bonds. The lowest BCUT2D eigenvalue weighted by molar-refractivity contribution is -0.144. The molecule has 1 spiro atoms. The van der Waals surface area contributed by atoms with Gasteiger partial charge >= 0.3 is 6.18 Å². The average molecular weight is 734 g/mol. The first-order valence-corrected chi connectivity index (χ1v) is 18.9. The Bertz CT molecular complexity index is 1930. The van der Waals surface area contributed by atoms with Crippen LogP contribution in [0.15, 0.2) is 30.4 Å². The Labute approximate surface area is 293 Å². The van der Waals surface area contributed by atoms with Gasteiger partial charge in [-0.05, 0) is 76.5 Å². The molecule has 2 aliphatic carbocycles. The lowest BCUT2D eigenvalue weighted by atomic mass is 9.87. The second-order valence-electron chi connectivity index (χ2n) is 14.9. The number of pyridine rings is 1. The van der Waals surface area contributed by atoms with Gasteiger partial charge < -0.3 is 25.4 Å². The number of aromatic nitrogens is 1. The van der Waals surface area contributed by atoms with Crippen molar-refractivity contribution >= 4 is 38.6 Å². The summed E-state index contributed by atoms with van der Waals surface area (Å²) >= 11 is 0. The number of benzene rings is 1. The molecule has 5 atom stereocenters. The molecule has 1 aromatic carbocycles. The fourth-order valence-corrected chi connectivity index (χ4v) is 9.04. The largest absolute Gasteiger partial charge is 0.497 e. The zero-order valence-electron chi connectivity index (χ0n) is 28.5. The number of carbonyl (C=O) groups is 3. The summed E-state index contributed by atoms with van der Waals surface area (Å²) in [5.74, 6) is -2.69. The van der Waals surface area contributed by atoms with Crippen LogP contribution in [-0.2, 0) is 37.0 Å². The summed E-state index contributed by atoms with van der Waals surface area (Å²) in [4.78, 5) is 47.2. The van der Waals surface area contributed by atoms with Crippen molar-refractivity contribution in [3.05, 3.63) is 41.6 Å². The Kier molecular flexibility index (Phi) is 8.59. The molecule has 1 aromatic heterocycles. The number of alkyl halides is 3. The van der Waals surface area contributed by atoms with E-state index in [4.69, 9.17) is 15.2 Å². The quantitative estimate of drug-likeness (QED) is 0.397. The Morgan fingerprint density at radius 1 is 1.16 bits per heavy atom. The predicted octanol–water partition coefficient (Wildman–Crippen LogP) is 3.65. The van der Waals surface area contributed by atoms with E-state index in [1.807, 2.05) is 12.2 Å². The number of aryl methyl sites for hydroxylation is 1. The lowest BCUT2D eigenvalue weighted by Gasteiger charge is -2.37. The van der Waals surface area contributed by atoms with Gasteiger partial charge in [0.2, 0.25) is 21.8 Å². The van der Waals surface area contributed by atoms with E-state index in [9.17, 15) is 36.0 Å². The third kappa shape index (κ3) is 6.31. The molecule has 4 heterocycles. The van der Waals surface area contributed by atoms with Gasteiger partial charge in [0.15, 0.2) is 11.4 Å². The van der Waals surface area contributed by atoms with Gasteiger partial charge in [0.1, 0.15) is 22.9 Å². The highest BCUT2D eigenvalue weighted by atomic mass is 32.2. The minimum atomic E-state index is -4.87. The Hall–Kier alpha value is -3.92. The van der Waals surface area contributed by atoms with E-state index in [1.165, 1.54) is 24.1 Å². The summed E-state index contributed by atoms with van der Waals surface area (Å²) in [5.41, 5.74) is 2.58. The molecule has 0 bridgehead atoms. The number of nitrogens with two attached hydrogens (primary N) is 1. The zero-order valence-corrected chi connectivity index (χ0v) is 29.3. The standard InChI is InChI=1S/C35H42F3N5O7S/c1-32(14-15-32)51(47,48)42-31(46)34-17-20(34)8-6-4-3-5-7-9-24(39)30(45)43-19-33(18-26(43)29(44)41-34)13-12-22-23-16-21(49-2)10-11-25(23)40-28(27(22)50-33)35(36,37)38/h6,8,10-11,16,20,24,26H,3-5,7,9,12-15,17-19,39H2,1-2H3,(H,41,44)(H,42,46). The summed E-state index contributed by atoms with van der Waals surface area (Å²) < 4.78 is 82.4. The van der Waals surface area contributed by atoms with Crippen LogP contribution in [0.4, 0.5) is 13.2 Å². The van der Waals surface area contributed by atoms with Gasteiger partial charge in [0.05, 0.1) is 30.0 Å². The van der Waals surface area contributed by atoms with Crippen molar-refractivity contribution in [1.82, 2.24) is 19.9 Å². The molecule has 3 aliphatic heterocycles. The molecule has 7 rings (SSSR count). The van der Waals surface area contributed by atoms with Gasteiger partial charge in [-0.1, -0.05) is 25.0 Å². The fourth-order valence-electron chi connectivity index (χ4n) is 7.72. The van der Waals surface area contributed by atoms with Gasteiger partial charge in [-0.25, -0.2) is 13.4 Å². The molecule has 5 aliphatic rings. The molecule has 0 radical (unpaired) electrons. The average Bonchev–Trinajstić information content (AvgIpc) is 3.97. The molecule has 3 fully saturated rings. The number of nitrogens with zero attached hydrogens (tertiary/aromatic N) is 2. The number of sulfonamides is 1. The second-order valence-corrected chi connectivity index (χ2v) is 17.1. The molecule has 51 heavy (non-hydrogen) atoms. The van der Waals surface area contributed by atoms with Crippen LogP contribution in [0.5, 0.6) is 11.5 Å². The van der Waals surface area contributed by atoms with Gasteiger partial charge in [-0.2, -0.15) is 13.2 Å². The van der Waals surface area contributed by atoms with E-state index in [0.717, 1.165) is 12.8 Å². The number of rotatable bonds is 4. The number of ether oxygens (including phenoxy) is 2. The number of halogens is 3. The number of nitrogens with one attached hydrogen (secondary N) is 2. The van der Waals surface area contributed by atoms with E-state index in [2.05, 4.69) is 15.0 Å². The van der Waals surface area contributed by atoms with Crippen LogP contribution in [-0.4, -0.2) is 77.6 Å². The van der Waals surface area contributed by atoms with E-state index in [1.54, 1.807) is 13.0 Å². The minimum Gasteiger partial charge on any atom is -0.497 e. The monoisotopic (exact) mass is 733 g/mol. The molecule has 2 saturated carbocycles. The Morgan fingerprint density at radius 2 is 1.92 bits per heavy atom. The summed E-state index contributed by atoms with van der Waals surface area (Å²) in [7, 11) is -2.58. The van der Waals surface area contributed by atoms with Crippen LogP contribution in [0.25, 0.3) is 10.9 Å². The normalized spacial score (nSPS) is 30.6. The number of hydrogen-bond acceptors (Lipinski definition) is 9. The van der Waals surface area contributed by atoms with Gasteiger partial charge in [-0.3, -0.25) is 19.1 Å². The molecule has 2 aromatic rings. The van der Waals surface area contributed by atoms with Crippen LogP contribution < -0.4 is 25.2 Å². The molecule has 4 N–H and O–H groups in total. The molecular weight excluding hydrogens is 691 g/mol. The molecule has 12 nitrogen and oxygen atoms in total. The van der Waals surface area contributed by atoms with Crippen LogP contribution in [0, 0.1) is 5.92 Å². The van der Waals surface area contributed by atoms with Crippen molar-refractivity contribution in [3.8, 4) is 11.5 Å². The van der Waals surface area contributed by atoms with Gasteiger partial charge in [-0.15, -0.1) is 0 Å². The second kappa shape index (κ2) is 12.3. The van der Waals surface area contributed by atoms with E-state index >= 15 is 0 Å². The maximum Gasteiger partial charge on any atom is 0.437 e. The lowest BCUT2D eigenvalue weighted by Crippen LogP contribution is -2.58. The summed E-state index contributed by atoms with van der Waals surface area (Å²) in [6, 6.07) is 2.34. The first-order valence-electron chi connectivity index (χ1n) is 17.4. The van der Waals surface area contributed by atoms with Crippen molar-refractivity contribution in [2.45, 2.75) is 112 Å². The molecule has 5 unspecified atom stereocenters. The number of amides is 3. The van der Waals surface area contributed by atoms with Crippen molar-refractivity contribution in [2.75, 3.05) is 13.7 Å². The summed E-state index contributed by atoms with van der Waals surface area (Å²) in [6.45, 7) is 1.32. The Balaban J connectivity index is 1.24. The van der Waals surface area contributed by atoms with Crippen LogP contribution in [0.3, 0.4) is 0 Å². The maximum atomic E-state index is 14.5. The first-order chi connectivity index (χ1) is 24.0. The minimum absolute atomic E-state index is 0.121. The number of fused-ring (bicyclic) bond motifs is 5. The zero-order chi connectivity index (χ0) is 36.6. The van der Waals surface area contributed by atoms with Gasteiger partial charge in [0.25, 0.3) is 5.91 Å². The fraction of sp³-hybridized carbons (Fsp3) is 0.600. The van der Waals surface area contributed by atoms with Crippen LogP contribution in [0.1, 0.15) is 82.4 Å². The van der Waals surface area contributed by atoms with Gasteiger partial charge in [0, 0.05) is 23.3 Å². The number of hydrogen-bond donors (Lipinski definition) is 3. The number of allylic oxidation sites excluding steroid dienone is 1. The van der Waals surface area contributed by atoms with Crippen molar-refractivity contribution < 1.29 is 45.4 Å². The molecule has 16 heteroatoms.